The van der Waals surface area contributed by atoms with Crippen LogP contribution in [0.4, 0.5) is 0 Å². The lowest BCUT2D eigenvalue weighted by molar-refractivity contribution is -0.0149. The number of ether oxygens (including phenoxy) is 1. The summed E-state index contributed by atoms with van der Waals surface area (Å²) >= 11 is 0. The van der Waals surface area contributed by atoms with Gasteiger partial charge in [0.15, 0.2) is 5.78 Å². The minimum absolute atomic E-state index is 0.124. The second-order valence-corrected chi connectivity index (χ2v) is 5.37. The van der Waals surface area contributed by atoms with Crippen LogP contribution < -0.4 is 0 Å². The van der Waals surface area contributed by atoms with Crippen molar-refractivity contribution in [1.29, 1.82) is 0 Å². The van der Waals surface area contributed by atoms with Crippen LogP contribution in [0.1, 0.15) is 34.0 Å². The third kappa shape index (κ3) is 3.04. The molecule has 1 aromatic rings. The molecule has 1 fully saturated rings. The first-order valence-corrected chi connectivity index (χ1v) is 6.99. The number of morpholine rings is 1. The summed E-state index contributed by atoms with van der Waals surface area (Å²) in [6.45, 7) is 11.5. The highest BCUT2D eigenvalue weighted by atomic mass is 16.5. The van der Waals surface area contributed by atoms with E-state index in [0.717, 1.165) is 29.8 Å². The number of hydrogen-bond donors (Lipinski definition) is 0. The fourth-order valence-corrected chi connectivity index (χ4v) is 2.55. The number of likely N-dealkylation sites (N-methyl/N-ethyl adjacent to an activating group) is 1. The summed E-state index contributed by atoms with van der Waals surface area (Å²) in [5.74, 6) is 0.124. The van der Waals surface area contributed by atoms with E-state index in [1.165, 1.54) is 5.56 Å². The third-order valence-corrected chi connectivity index (χ3v) is 4.00. The summed E-state index contributed by atoms with van der Waals surface area (Å²) in [6.07, 6.45) is -0.311. The molecule has 3 nitrogen and oxygen atoms in total. The van der Waals surface area contributed by atoms with Gasteiger partial charge in [-0.1, -0.05) is 13.0 Å². The number of nitrogens with zero attached hydrogens (tertiary/aromatic N) is 1. The maximum Gasteiger partial charge on any atom is 0.193 e. The van der Waals surface area contributed by atoms with Gasteiger partial charge in [-0.2, -0.15) is 0 Å². The molecule has 1 saturated heterocycles. The molecule has 3 heteroatoms. The van der Waals surface area contributed by atoms with Gasteiger partial charge in [-0.25, -0.2) is 0 Å². The highest BCUT2D eigenvalue weighted by Crippen LogP contribution is 2.19. The highest BCUT2D eigenvalue weighted by Gasteiger charge is 2.27. The molecule has 1 heterocycles. The van der Waals surface area contributed by atoms with Crippen LogP contribution >= 0.6 is 0 Å². The molecule has 0 bridgehead atoms. The van der Waals surface area contributed by atoms with Crippen molar-refractivity contribution in [2.45, 2.75) is 33.8 Å². The van der Waals surface area contributed by atoms with Gasteiger partial charge in [0.1, 0.15) is 6.10 Å². The Hall–Kier alpha value is -1.19. The van der Waals surface area contributed by atoms with E-state index in [2.05, 4.69) is 24.8 Å². The topological polar surface area (TPSA) is 29.5 Å². The van der Waals surface area contributed by atoms with E-state index in [4.69, 9.17) is 4.74 Å². The van der Waals surface area contributed by atoms with Crippen molar-refractivity contribution in [1.82, 2.24) is 4.90 Å². The molecule has 1 aromatic carbocycles. The van der Waals surface area contributed by atoms with Crippen molar-refractivity contribution >= 4 is 5.78 Å². The Kier molecular flexibility index (Phi) is 4.38. The van der Waals surface area contributed by atoms with E-state index >= 15 is 0 Å². The molecular weight excluding hydrogens is 238 g/mol. The standard InChI is InChI=1S/C16H23NO2/c1-5-17-6-7-19-15(10-17)16(18)14-9-12(3)11(2)8-13(14)4/h8-9,15H,5-7,10H2,1-4H3. The molecule has 0 radical (unpaired) electrons. The van der Waals surface area contributed by atoms with Crippen LogP contribution in [0.5, 0.6) is 0 Å². The third-order valence-electron chi connectivity index (χ3n) is 4.00. The van der Waals surface area contributed by atoms with Gasteiger partial charge in [-0.3, -0.25) is 9.69 Å². The Bertz CT molecular complexity index is 482. The smallest absolute Gasteiger partial charge is 0.193 e. The van der Waals surface area contributed by atoms with Crippen LogP contribution in [0.2, 0.25) is 0 Å². The van der Waals surface area contributed by atoms with Gasteiger partial charge in [0.25, 0.3) is 0 Å². The number of ketones is 1. The van der Waals surface area contributed by atoms with Crippen LogP contribution in [-0.2, 0) is 4.74 Å². The Morgan fingerprint density at radius 1 is 1.26 bits per heavy atom. The molecule has 0 aliphatic carbocycles. The maximum absolute atomic E-state index is 12.6. The fraction of sp³-hybridized carbons (Fsp3) is 0.562. The van der Waals surface area contributed by atoms with Crippen molar-refractivity contribution in [3.05, 3.63) is 34.4 Å². The quantitative estimate of drug-likeness (QED) is 0.783. The minimum atomic E-state index is -0.311. The monoisotopic (exact) mass is 261 g/mol. The lowest BCUT2D eigenvalue weighted by atomic mass is 9.95. The second-order valence-electron chi connectivity index (χ2n) is 5.37. The first-order chi connectivity index (χ1) is 9.02. The molecule has 1 aliphatic heterocycles. The van der Waals surface area contributed by atoms with Gasteiger partial charge in [0.2, 0.25) is 0 Å². The molecule has 0 N–H and O–H groups in total. The van der Waals surface area contributed by atoms with Crippen LogP contribution in [0.15, 0.2) is 12.1 Å². The normalized spacial score (nSPS) is 20.5. The maximum atomic E-state index is 12.6. The van der Waals surface area contributed by atoms with Gasteiger partial charge in [-0.05, 0) is 50.1 Å². The van der Waals surface area contributed by atoms with Crippen LogP contribution in [0.25, 0.3) is 0 Å². The zero-order valence-electron chi connectivity index (χ0n) is 12.3. The predicted molar refractivity (Wildman–Crippen MR) is 76.8 cm³/mol. The van der Waals surface area contributed by atoms with Gasteiger partial charge in [-0.15, -0.1) is 0 Å². The van der Waals surface area contributed by atoms with Gasteiger partial charge in [0, 0.05) is 18.7 Å². The van der Waals surface area contributed by atoms with E-state index in [1.807, 2.05) is 19.9 Å². The fourth-order valence-electron chi connectivity index (χ4n) is 2.55. The Morgan fingerprint density at radius 3 is 2.63 bits per heavy atom. The molecule has 104 valence electrons. The van der Waals surface area contributed by atoms with Crippen LogP contribution in [0.3, 0.4) is 0 Å². The van der Waals surface area contributed by atoms with Crippen LogP contribution in [0, 0.1) is 20.8 Å². The van der Waals surface area contributed by atoms with E-state index < -0.39 is 0 Å². The average molecular weight is 261 g/mol. The van der Waals surface area contributed by atoms with Crippen molar-refractivity contribution in [3.63, 3.8) is 0 Å². The molecule has 1 aliphatic rings. The summed E-state index contributed by atoms with van der Waals surface area (Å²) in [6, 6.07) is 4.09. The largest absolute Gasteiger partial charge is 0.367 e. The van der Waals surface area contributed by atoms with E-state index in [1.54, 1.807) is 0 Å². The lowest BCUT2D eigenvalue weighted by Crippen LogP contribution is -2.46. The summed E-state index contributed by atoms with van der Waals surface area (Å²) in [7, 11) is 0. The van der Waals surface area contributed by atoms with Crippen molar-refractivity contribution in [2.24, 2.45) is 0 Å². The number of hydrogen-bond acceptors (Lipinski definition) is 3. The molecule has 2 rings (SSSR count). The molecular formula is C16H23NO2. The number of carbonyl (C=O) groups excluding carboxylic acids is 1. The zero-order chi connectivity index (χ0) is 14.0. The summed E-state index contributed by atoms with van der Waals surface area (Å²) in [5.41, 5.74) is 4.25. The number of rotatable bonds is 3. The summed E-state index contributed by atoms with van der Waals surface area (Å²) < 4.78 is 5.66. The molecule has 19 heavy (non-hydrogen) atoms. The Balaban J connectivity index is 2.22. The van der Waals surface area contributed by atoms with Crippen molar-refractivity contribution in [2.75, 3.05) is 26.2 Å². The SMILES string of the molecule is CCN1CCOC(C(=O)c2cc(C)c(C)cc2C)C1. The van der Waals surface area contributed by atoms with Gasteiger partial charge >= 0.3 is 0 Å². The zero-order valence-corrected chi connectivity index (χ0v) is 12.3. The molecule has 1 atom stereocenters. The number of Topliss-reactive ketones (excluding diaryl/α,β-unsaturated/α-hetero) is 1. The number of carbonyl (C=O) groups is 1. The summed E-state index contributed by atoms with van der Waals surface area (Å²) in [4.78, 5) is 14.9. The van der Waals surface area contributed by atoms with E-state index in [0.29, 0.717) is 13.2 Å². The lowest BCUT2D eigenvalue weighted by Gasteiger charge is -2.31. The molecule has 0 saturated carbocycles. The molecule has 1 unspecified atom stereocenters. The minimum Gasteiger partial charge on any atom is -0.367 e. The van der Waals surface area contributed by atoms with Gasteiger partial charge in [0.05, 0.1) is 6.61 Å². The average Bonchev–Trinajstić information content (AvgIpc) is 2.42. The van der Waals surface area contributed by atoms with Gasteiger partial charge < -0.3 is 4.74 Å². The first-order valence-electron chi connectivity index (χ1n) is 6.99. The van der Waals surface area contributed by atoms with Crippen molar-refractivity contribution in [3.8, 4) is 0 Å². The first kappa shape index (κ1) is 14.2. The van der Waals surface area contributed by atoms with E-state index in [9.17, 15) is 4.79 Å². The molecule has 0 spiro atoms. The Labute approximate surface area is 115 Å². The van der Waals surface area contributed by atoms with E-state index in [-0.39, 0.29) is 11.9 Å². The second kappa shape index (κ2) is 5.85. The number of benzene rings is 1. The van der Waals surface area contributed by atoms with Crippen LogP contribution in [-0.4, -0.2) is 43.0 Å². The summed E-state index contributed by atoms with van der Waals surface area (Å²) in [5, 5.41) is 0. The molecule has 0 amide bonds. The Morgan fingerprint density at radius 2 is 1.95 bits per heavy atom. The van der Waals surface area contributed by atoms with Crippen molar-refractivity contribution < 1.29 is 9.53 Å². The highest BCUT2D eigenvalue weighted by molar-refractivity contribution is 6.01. The number of aryl methyl sites for hydroxylation is 3. The molecule has 0 aromatic heterocycles. The predicted octanol–water partition coefficient (Wildman–Crippen LogP) is 2.52.